The summed E-state index contributed by atoms with van der Waals surface area (Å²) in [5, 5.41) is 0. The minimum absolute atomic E-state index is 0.223. The van der Waals surface area contributed by atoms with Crippen molar-refractivity contribution in [1.29, 1.82) is 0 Å². The highest BCUT2D eigenvalue weighted by Gasteiger charge is 2.35. The molecule has 1 N–H and O–H groups in total. The van der Waals surface area contributed by atoms with E-state index in [2.05, 4.69) is 4.72 Å². The second-order valence-electron chi connectivity index (χ2n) is 6.83. The lowest BCUT2D eigenvalue weighted by atomic mass is 9.95. The molecular weight excluding hydrogens is 314 g/mol. The minimum Gasteiger partial charge on any atom is -0.472 e. The number of ether oxygens (including phenoxy) is 2. The summed E-state index contributed by atoms with van der Waals surface area (Å²) < 4.78 is 39.2. The van der Waals surface area contributed by atoms with E-state index in [1.54, 1.807) is 30.5 Å². The van der Waals surface area contributed by atoms with Gasteiger partial charge in [-0.1, -0.05) is 45.4 Å². The fraction of sp³-hybridized carbons (Fsp3) is 0.529. The zero-order chi connectivity index (χ0) is 17.3. The number of hydrogen-bond acceptors (Lipinski definition) is 4. The Hall–Kier alpha value is -1.37. The fourth-order valence-corrected chi connectivity index (χ4v) is 3.28. The first-order chi connectivity index (χ1) is 10.6. The maximum absolute atomic E-state index is 12.6. The third-order valence-electron chi connectivity index (χ3n) is 3.65. The number of aryl methyl sites for hydroxylation is 1. The van der Waals surface area contributed by atoms with E-state index in [0.717, 1.165) is 11.1 Å². The van der Waals surface area contributed by atoms with E-state index in [1.165, 1.54) is 0 Å². The second-order valence-corrected chi connectivity index (χ2v) is 8.54. The summed E-state index contributed by atoms with van der Waals surface area (Å²) >= 11 is 0. The topological polar surface area (TPSA) is 64.6 Å². The molecule has 1 aliphatic rings. The molecule has 128 valence electrons. The molecule has 0 amide bonds. The molecule has 0 unspecified atom stereocenters. The van der Waals surface area contributed by atoms with Crippen molar-refractivity contribution in [3.63, 3.8) is 0 Å². The highest BCUT2D eigenvalue weighted by Crippen LogP contribution is 2.30. The number of hydrogen-bond donors (Lipinski definition) is 1. The molecule has 1 aromatic carbocycles. The molecule has 0 bridgehead atoms. The Balaban J connectivity index is 2.23. The highest BCUT2D eigenvalue weighted by molar-refractivity contribution is 7.89. The number of sulfonamides is 1. The zero-order valence-corrected chi connectivity index (χ0v) is 15.1. The number of benzene rings is 1. The standard InChI is InChI=1S/C17H25NO4S/c1-6-13-11-21-16(17(3,4)5)22-15(13)18-23(19,20)14-9-7-12(2)8-10-14/h7-11,15-16,18H,6H2,1-5H3/t15-,16+/m0/s1. The lowest BCUT2D eigenvalue weighted by molar-refractivity contribution is -0.201. The molecule has 0 radical (unpaired) electrons. The van der Waals surface area contributed by atoms with E-state index in [1.807, 2.05) is 34.6 Å². The molecule has 1 heterocycles. The van der Waals surface area contributed by atoms with Crippen LogP contribution in [0.25, 0.3) is 0 Å². The van der Waals surface area contributed by atoms with Gasteiger partial charge in [0.25, 0.3) is 0 Å². The van der Waals surface area contributed by atoms with Gasteiger partial charge in [0.15, 0.2) is 6.23 Å². The third kappa shape index (κ3) is 4.34. The smallest absolute Gasteiger partial charge is 0.242 e. The fourth-order valence-electron chi connectivity index (χ4n) is 2.16. The van der Waals surface area contributed by atoms with Gasteiger partial charge < -0.3 is 9.47 Å². The van der Waals surface area contributed by atoms with E-state index < -0.39 is 22.5 Å². The molecule has 2 rings (SSSR count). The van der Waals surface area contributed by atoms with Gasteiger partial charge in [-0.15, -0.1) is 0 Å². The van der Waals surface area contributed by atoms with E-state index in [-0.39, 0.29) is 10.3 Å². The summed E-state index contributed by atoms with van der Waals surface area (Å²) in [4.78, 5) is 0.223. The van der Waals surface area contributed by atoms with Crippen LogP contribution in [0.15, 0.2) is 41.0 Å². The van der Waals surface area contributed by atoms with Crippen LogP contribution in [0.3, 0.4) is 0 Å². The summed E-state index contributed by atoms with van der Waals surface area (Å²) in [7, 11) is -3.66. The van der Waals surface area contributed by atoms with Crippen LogP contribution in [-0.4, -0.2) is 20.9 Å². The van der Waals surface area contributed by atoms with Crippen LogP contribution < -0.4 is 4.72 Å². The Morgan fingerprint density at radius 1 is 1.17 bits per heavy atom. The first-order valence-corrected chi connectivity index (χ1v) is 9.20. The van der Waals surface area contributed by atoms with Crippen molar-refractivity contribution < 1.29 is 17.9 Å². The van der Waals surface area contributed by atoms with Crippen LogP contribution in [0.4, 0.5) is 0 Å². The van der Waals surface area contributed by atoms with Gasteiger partial charge >= 0.3 is 0 Å². The molecule has 0 aliphatic carbocycles. The van der Waals surface area contributed by atoms with Crippen molar-refractivity contribution in [2.45, 2.75) is 58.5 Å². The Kier molecular flexibility index (Phi) is 5.18. The lowest BCUT2D eigenvalue weighted by Gasteiger charge is -2.37. The van der Waals surface area contributed by atoms with E-state index >= 15 is 0 Å². The molecule has 6 heteroatoms. The average molecular weight is 339 g/mol. The maximum Gasteiger partial charge on any atom is 0.242 e. The highest BCUT2D eigenvalue weighted by atomic mass is 32.2. The predicted octanol–water partition coefficient (Wildman–Crippen LogP) is 3.31. The Morgan fingerprint density at radius 2 is 1.78 bits per heavy atom. The number of rotatable bonds is 4. The van der Waals surface area contributed by atoms with Gasteiger partial charge in [0.05, 0.1) is 11.2 Å². The SMILES string of the molecule is CCC1=CO[C@@H](C(C)(C)C)O[C@@H]1NS(=O)(=O)c1ccc(C)cc1. The molecule has 1 aromatic rings. The second kappa shape index (κ2) is 6.63. The quantitative estimate of drug-likeness (QED) is 0.914. The van der Waals surface area contributed by atoms with Crippen LogP contribution >= 0.6 is 0 Å². The normalized spacial score (nSPS) is 22.4. The molecule has 5 nitrogen and oxygen atoms in total. The molecule has 0 saturated heterocycles. The van der Waals surface area contributed by atoms with Gasteiger partial charge in [0, 0.05) is 11.0 Å². The lowest BCUT2D eigenvalue weighted by Crippen LogP contribution is -2.46. The van der Waals surface area contributed by atoms with Crippen molar-refractivity contribution >= 4 is 10.0 Å². The summed E-state index contributed by atoms with van der Waals surface area (Å²) in [6, 6.07) is 6.73. The van der Waals surface area contributed by atoms with Gasteiger partial charge in [-0.05, 0) is 25.5 Å². The first kappa shape index (κ1) is 18.0. The van der Waals surface area contributed by atoms with E-state index in [0.29, 0.717) is 6.42 Å². The summed E-state index contributed by atoms with van der Waals surface area (Å²) in [6.07, 6.45) is 1.02. The van der Waals surface area contributed by atoms with Crippen LogP contribution in [-0.2, 0) is 19.5 Å². The molecule has 0 spiro atoms. The van der Waals surface area contributed by atoms with E-state index in [4.69, 9.17) is 9.47 Å². The average Bonchev–Trinajstić information content (AvgIpc) is 2.46. The van der Waals surface area contributed by atoms with Crippen LogP contribution in [0.2, 0.25) is 0 Å². The van der Waals surface area contributed by atoms with Gasteiger partial charge in [-0.25, -0.2) is 8.42 Å². The largest absolute Gasteiger partial charge is 0.472 e. The van der Waals surface area contributed by atoms with Gasteiger partial charge in [0.1, 0.15) is 0 Å². The monoisotopic (exact) mass is 339 g/mol. The van der Waals surface area contributed by atoms with Crippen molar-refractivity contribution in [2.75, 3.05) is 0 Å². The predicted molar refractivity (Wildman–Crippen MR) is 89.1 cm³/mol. The molecule has 1 aliphatic heterocycles. The van der Waals surface area contributed by atoms with E-state index in [9.17, 15) is 8.42 Å². The van der Waals surface area contributed by atoms with Crippen molar-refractivity contribution in [2.24, 2.45) is 5.41 Å². The number of nitrogens with one attached hydrogen (secondary N) is 1. The summed E-state index contributed by atoms with van der Waals surface area (Å²) in [5.74, 6) is 0. The molecule has 0 fully saturated rings. The third-order valence-corrected chi connectivity index (χ3v) is 5.07. The molecule has 23 heavy (non-hydrogen) atoms. The summed E-state index contributed by atoms with van der Waals surface area (Å²) in [5.41, 5.74) is 1.51. The molecule has 0 aromatic heterocycles. The van der Waals surface area contributed by atoms with Crippen molar-refractivity contribution in [3.05, 3.63) is 41.7 Å². The van der Waals surface area contributed by atoms with Crippen LogP contribution in [0.1, 0.15) is 39.7 Å². The summed E-state index contributed by atoms with van der Waals surface area (Å²) in [6.45, 7) is 9.79. The first-order valence-electron chi connectivity index (χ1n) is 7.72. The Labute approximate surface area is 138 Å². The Bertz CT molecular complexity index is 672. The zero-order valence-electron chi connectivity index (χ0n) is 14.3. The van der Waals surface area contributed by atoms with Crippen LogP contribution in [0, 0.1) is 12.3 Å². The van der Waals surface area contributed by atoms with Gasteiger partial charge in [-0.2, -0.15) is 4.72 Å². The van der Waals surface area contributed by atoms with Crippen molar-refractivity contribution in [1.82, 2.24) is 4.72 Å². The molecular formula is C17H25NO4S. The molecule has 2 atom stereocenters. The minimum atomic E-state index is -3.66. The maximum atomic E-state index is 12.6. The molecule has 0 saturated carbocycles. The van der Waals surface area contributed by atoms with Gasteiger partial charge in [0.2, 0.25) is 16.3 Å². The van der Waals surface area contributed by atoms with Crippen molar-refractivity contribution in [3.8, 4) is 0 Å². The Morgan fingerprint density at radius 3 is 2.30 bits per heavy atom. The van der Waals surface area contributed by atoms with Gasteiger partial charge in [-0.3, -0.25) is 0 Å². The van der Waals surface area contributed by atoms with Crippen LogP contribution in [0.5, 0.6) is 0 Å².